The summed E-state index contributed by atoms with van der Waals surface area (Å²) in [6.07, 6.45) is 0. The standard InChI is InChI=1S/C17H15Cl3N2O2S/c1-9(25-13-5-3-12(4-6-13)21-10(2)23)17(24)22-16-14(19)7-11(18)8-15(16)20/h3-9H,1-2H3,(H,21,23)(H,22,24). The molecule has 0 fully saturated rings. The fourth-order valence-electron chi connectivity index (χ4n) is 1.96. The van der Waals surface area contributed by atoms with E-state index in [4.69, 9.17) is 34.8 Å². The van der Waals surface area contributed by atoms with Crippen molar-refractivity contribution < 1.29 is 9.59 Å². The summed E-state index contributed by atoms with van der Waals surface area (Å²) in [5.41, 5.74) is 1.04. The van der Waals surface area contributed by atoms with Gasteiger partial charge in [-0.25, -0.2) is 0 Å². The van der Waals surface area contributed by atoms with Gasteiger partial charge in [0.05, 0.1) is 21.0 Å². The minimum Gasteiger partial charge on any atom is -0.326 e. The Morgan fingerprint density at radius 2 is 1.56 bits per heavy atom. The van der Waals surface area contributed by atoms with Crippen molar-refractivity contribution in [3.05, 3.63) is 51.5 Å². The van der Waals surface area contributed by atoms with Crippen molar-refractivity contribution in [3.63, 3.8) is 0 Å². The lowest BCUT2D eigenvalue weighted by molar-refractivity contribution is -0.115. The van der Waals surface area contributed by atoms with Gasteiger partial charge in [0.1, 0.15) is 0 Å². The average molecular weight is 418 g/mol. The second-order valence-electron chi connectivity index (χ2n) is 5.20. The molecule has 8 heteroatoms. The summed E-state index contributed by atoms with van der Waals surface area (Å²) < 4.78 is 0. The Labute approximate surface area is 165 Å². The number of carbonyl (C=O) groups is 2. The van der Waals surface area contributed by atoms with Gasteiger partial charge >= 0.3 is 0 Å². The largest absolute Gasteiger partial charge is 0.326 e. The molecular formula is C17H15Cl3N2O2S. The molecular weight excluding hydrogens is 403 g/mol. The zero-order valence-corrected chi connectivity index (χ0v) is 16.5. The maximum atomic E-state index is 12.4. The molecule has 0 heterocycles. The van der Waals surface area contributed by atoms with Crippen LogP contribution in [0.15, 0.2) is 41.3 Å². The maximum absolute atomic E-state index is 12.4. The summed E-state index contributed by atoms with van der Waals surface area (Å²) in [4.78, 5) is 24.3. The Kier molecular flexibility index (Phi) is 7.02. The Balaban J connectivity index is 2.02. The first-order valence-electron chi connectivity index (χ1n) is 7.26. The third-order valence-electron chi connectivity index (χ3n) is 3.11. The second kappa shape index (κ2) is 8.81. The SMILES string of the molecule is CC(=O)Nc1ccc(SC(C)C(=O)Nc2c(Cl)cc(Cl)cc2Cl)cc1. The molecule has 1 unspecified atom stereocenters. The minimum absolute atomic E-state index is 0.134. The highest BCUT2D eigenvalue weighted by molar-refractivity contribution is 8.00. The van der Waals surface area contributed by atoms with E-state index < -0.39 is 0 Å². The Hall–Kier alpha value is -1.40. The molecule has 0 aliphatic carbocycles. The van der Waals surface area contributed by atoms with E-state index in [2.05, 4.69) is 10.6 Å². The number of carbonyl (C=O) groups excluding carboxylic acids is 2. The number of halogens is 3. The van der Waals surface area contributed by atoms with Gasteiger partial charge in [0, 0.05) is 22.5 Å². The van der Waals surface area contributed by atoms with Crippen LogP contribution >= 0.6 is 46.6 Å². The Morgan fingerprint density at radius 1 is 1.00 bits per heavy atom. The van der Waals surface area contributed by atoms with Gasteiger partial charge < -0.3 is 10.6 Å². The van der Waals surface area contributed by atoms with Gasteiger partial charge in [-0.2, -0.15) is 0 Å². The lowest BCUT2D eigenvalue weighted by Gasteiger charge is -2.14. The molecule has 2 aromatic rings. The van der Waals surface area contributed by atoms with Crippen LogP contribution in [-0.4, -0.2) is 17.1 Å². The highest BCUT2D eigenvalue weighted by Gasteiger charge is 2.18. The molecule has 2 aromatic carbocycles. The van der Waals surface area contributed by atoms with Crippen molar-refractivity contribution in [2.24, 2.45) is 0 Å². The first-order valence-corrected chi connectivity index (χ1v) is 9.27. The molecule has 0 aliphatic heterocycles. The maximum Gasteiger partial charge on any atom is 0.237 e. The number of hydrogen-bond acceptors (Lipinski definition) is 3. The minimum atomic E-state index is -0.380. The number of thioether (sulfide) groups is 1. The van der Waals surface area contributed by atoms with Crippen LogP contribution in [0.1, 0.15) is 13.8 Å². The van der Waals surface area contributed by atoms with Crippen molar-refractivity contribution in [1.29, 1.82) is 0 Å². The Bertz CT molecular complexity index is 774. The van der Waals surface area contributed by atoms with Gasteiger partial charge in [-0.3, -0.25) is 9.59 Å². The highest BCUT2D eigenvalue weighted by Crippen LogP contribution is 2.34. The van der Waals surface area contributed by atoms with Crippen LogP contribution in [-0.2, 0) is 9.59 Å². The van der Waals surface area contributed by atoms with E-state index in [-0.39, 0.29) is 27.1 Å². The molecule has 0 aliphatic rings. The van der Waals surface area contributed by atoms with Gasteiger partial charge in [-0.1, -0.05) is 34.8 Å². The van der Waals surface area contributed by atoms with Crippen molar-refractivity contribution in [2.75, 3.05) is 10.6 Å². The summed E-state index contributed by atoms with van der Waals surface area (Å²) in [5, 5.41) is 5.99. The first-order chi connectivity index (χ1) is 11.8. The normalized spacial score (nSPS) is 11.7. The van der Waals surface area contributed by atoms with Crippen molar-refractivity contribution in [2.45, 2.75) is 24.0 Å². The average Bonchev–Trinajstić information content (AvgIpc) is 2.52. The molecule has 1 atom stereocenters. The van der Waals surface area contributed by atoms with E-state index >= 15 is 0 Å². The summed E-state index contributed by atoms with van der Waals surface area (Å²) in [6.45, 7) is 3.22. The fourth-order valence-corrected chi connectivity index (χ4v) is 3.74. The fraction of sp³-hybridized carbons (Fsp3) is 0.176. The summed E-state index contributed by atoms with van der Waals surface area (Å²) in [7, 11) is 0. The van der Waals surface area contributed by atoms with Crippen LogP contribution in [0.3, 0.4) is 0 Å². The molecule has 2 rings (SSSR count). The number of rotatable bonds is 5. The van der Waals surface area contributed by atoms with Crippen LogP contribution in [0, 0.1) is 0 Å². The van der Waals surface area contributed by atoms with Crippen molar-refractivity contribution in [1.82, 2.24) is 0 Å². The number of hydrogen-bond donors (Lipinski definition) is 2. The van der Waals surface area contributed by atoms with Crippen molar-refractivity contribution >= 4 is 69.8 Å². The molecule has 132 valence electrons. The van der Waals surface area contributed by atoms with Gasteiger partial charge in [-0.05, 0) is 43.3 Å². The van der Waals surface area contributed by atoms with Crippen molar-refractivity contribution in [3.8, 4) is 0 Å². The summed E-state index contributed by atoms with van der Waals surface area (Å²) in [6, 6.07) is 10.3. The number of anilines is 2. The summed E-state index contributed by atoms with van der Waals surface area (Å²) in [5.74, 6) is -0.369. The lowest BCUT2D eigenvalue weighted by atomic mass is 10.3. The molecule has 0 saturated heterocycles. The highest BCUT2D eigenvalue weighted by atomic mass is 35.5. The van der Waals surface area contributed by atoms with Gasteiger partial charge in [0.25, 0.3) is 0 Å². The van der Waals surface area contributed by atoms with E-state index in [0.717, 1.165) is 4.90 Å². The molecule has 4 nitrogen and oxygen atoms in total. The Morgan fingerprint density at radius 3 is 2.08 bits per heavy atom. The predicted molar refractivity (Wildman–Crippen MR) is 106 cm³/mol. The molecule has 0 spiro atoms. The summed E-state index contributed by atoms with van der Waals surface area (Å²) >= 11 is 19.4. The zero-order chi connectivity index (χ0) is 18.6. The first kappa shape index (κ1) is 19.9. The number of amides is 2. The predicted octanol–water partition coefficient (Wildman–Crippen LogP) is 5.72. The van der Waals surface area contributed by atoms with E-state index in [0.29, 0.717) is 16.4 Å². The van der Waals surface area contributed by atoms with Crippen LogP contribution in [0.4, 0.5) is 11.4 Å². The van der Waals surface area contributed by atoms with Gasteiger partial charge in [-0.15, -0.1) is 11.8 Å². The molecule has 0 aromatic heterocycles. The van der Waals surface area contributed by atoms with E-state index in [1.807, 2.05) is 12.1 Å². The van der Waals surface area contributed by atoms with Crippen LogP contribution in [0.2, 0.25) is 15.1 Å². The molecule has 0 radical (unpaired) electrons. The quantitative estimate of drug-likeness (QED) is 0.611. The van der Waals surface area contributed by atoms with Crippen LogP contribution in [0.5, 0.6) is 0 Å². The van der Waals surface area contributed by atoms with Crippen LogP contribution < -0.4 is 10.6 Å². The van der Waals surface area contributed by atoms with E-state index in [1.165, 1.54) is 30.8 Å². The number of nitrogens with one attached hydrogen (secondary N) is 2. The zero-order valence-electron chi connectivity index (χ0n) is 13.4. The smallest absolute Gasteiger partial charge is 0.237 e. The van der Waals surface area contributed by atoms with E-state index in [9.17, 15) is 9.59 Å². The molecule has 25 heavy (non-hydrogen) atoms. The van der Waals surface area contributed by atoms with E-state index in [1.54, 1.807) is 19.1 Å². The van der Waals surface area contributed by atoms with Gasteiger partial charge in [0.15, 0.2) is 0 Å². The molecule has 0 bridgehead atoms. The van der Waals surface area contributed by atoms with Crippen LogP contribution in [0.25, 0.3) is 0 Å². The molecule has 2 N–H and O–H groups in total. The number of benzene rings is 2. The lowest BCUT2D eigenvalue weighted by Crippen LogP contribution is -2.22. The topological polar surface area (TPSA) is 58.2 Å². The second-order valence-corrected chi connectivity index (χ2v) is 7.86. The van der Waals surface area contributed by atoms with Gasteiger partial charge in [0.2, 0.25) is 11.8 Å². The molecule has 2 amide bonds. The third-order valence-corrected chi connectivity index (χ3v) is 5.04. The molecule has 0 saturated carbocycles. The third kappa shape index (κ3) is 5.82. The monoisotopic (exact) mass is 416 g/mol.